The number of ether oxygens (including phenoxy) is 2. The number of hydrogen-bond acceptors (Lipinski definition) is 5. The fourth-order valence-corrected chi connectivity index (χ4v) is 12.2. The van der Waals surface area contributed by atoms with Gasteiger partial charge in [-0.05, 0) is 66.1 Å². The molecule has 256 valence electrons. The molecule has 3 aromatic carbocycles. The molecule has 0 radical (unpaired) electrons. The SMILES string of the molecule is [2H]C1(C(C)(C)C)CC(OC)=Cc2c1op(O[C@H](C)CP1[C@@H](c3ccccc3)CC[C@@H]1c1ccccc1)oc1c(C(C)(C)C)cc(OC)cc21. The molecule has 0 bridgehead atoms. The van der Waals surface area contributed by atoms with Gasteiger partial charge in [-0.1, -0.05) is 110 Å². The molecule has 0 spiro atoms. The van der Waals surface area contributed by atoms with Crippen molar-refractivity contribution in [2.45, 2.75) is 96.5 Å². The molecular weight excluding hydrogens is 634 g/mol. The van der Waals surface area contributed by atoms with Crippen molar-refractivity contribution in [2.24, 2.45) is 5.41 Å². The Morgan fingerprint density at radius 2 is 1.46 bits per heavy atom. The third-order valence-corrected chi connectivity index (χ3v) is 14.5. The number of allylic oxidation sites excluding steroid dienone is 1. The summed E-state index contributed by atoms with van der Waals surface area (Å²) in [6, 6.07) is 26.1. The first kappa shape index (κ1) is 33.5. The summed E-state index contributed by atoms with van der Waals surface area (Å²) in [5.41, 5.74) is 5.62. The van der Waals surface area contributed by atoms with Crippen LogP contribution < -0.4 is 9.26 Å². The molecule has 48 heavy (non-hydrogen) atoms. The lowest BCUT2D eigenvalue weighted by molar-refractivity contribution is 0.215. The predicted molar refractivity (Wildman–Crippen MR) is 201 cm³/mol. The first-order valence-electron chi connectivity index (χ1n) is 17.6. The first-order chi connectivity index (χ1) is 23.2. The Kier molecular flexibility index (Phi) is 9.85. The van der Waals surface area contributed by atoms with Crippen LogP contribution >= 0.6 is 16.2 Å². The molecule has 2 aliphatic rings. The summed E-state index contributed by atoms with van der Waals surface area (Å²) in [5, 5.41) is 0.837. The fourth-order valence-electron chi connectivity index (χ4n) is 7.19. The highest BCUT2D eigenvalue weighted by molar-refractivity contribution is 7.58. The van der Waals surface area contributed by atoms with Gasteiger partial charge in [0.15, 0.2) is 0 Å². The maximum atomic E-state index is 10.0. The quantitative estimate of drug-likeness (QED) is 0.173. The molecular formula is C41H52O5P2. The number of hydrogen-bond donors (Lipinski definition) is 0. The van der Waals surface area contributed by atoms with Gasteiger partial charge < -0.3 is 17.9 Å². The molecule has 2 unspecified atom stereocenters. The molecule has 4 aromatic rings. The molecule has 0 amide bonds. The van der Waals surface area contributed by atoms with E-state index in [4.69, 9.17) is 22.4 Å². The van der Waals surface area contributed by atoms with Gasteiger partial charge in [0, 0.05) is 41.5 Å². The van der Waals surface area contributed by atoms with Crippen LogP contribution in [0.4, 0.5) is 0 Å². The van der Waals surface area contributed by atoms with Crippen molar-refractivity contribution in [1.29, 1.82) is 0 Å². The standard InChI is InChI=1S/C41H52O5P2/c1-27(26-47-36(28-16-12-10-13-17-28)20-21-37(47)29-18-14-11-15-19-29)44-48-45-38-32(22-30(42-8)24-34(38)40(2,3)4)33-23-31(43-9)25-35(39(33)46-48)41(5,6)7/h10-19,22-24,27,35-37H,20-21,25-26H2,1-9H3/t27-,35?,36-,37-,48?/m1/s1/i35D. The van der Waals surface area contributed by atoms with E-state index in [1.807, 2.05) is 12.1 Å². The molecule has 1 aliphatic carbocycles. The lowest BCUT2D eigenvalue weighted by Gasteiger charge is -2.33. The van der Waals surface area contributed by atoms with Gasteiger partial charge in [-0.3, -0.25) is 4.52 Å². The number of methoxy groups -OCH3 is 2. The van der Waals surface area contributed by atoms with E-state index < -0.39 is 27.5 Å². The Morgan fingerprint density at radius 1 is 0.854 bits per heavy atom. The van der Waals surface area contributed by atoms with E-state index >= 15 is 0 Å². The molecule has 1 aliphatic heterocycles. The molecule has 1 saturated heterocycles. The van der Waals surface area contributed by atoms with Gasteiger partial charge in [-0.15, -0.1) is 0 Å². The average molecular weight is 688 g/mol. The Balaban J connectivity index is 1.50. The smallest absolute Gasteiger partial charge is 0.387 e. The second kappa shape index (κ2) is 14.1. The van der Waals surface area contributed by atoms with Crippen LogP contribution in [0.25, 0.3) is 17.0 Å². The molecule has 5 atom stereocenters. The summed E-state index contributed by atoms with van der Waals surface area (Å²) in [4.78, 5) is 0. The Morgan fingerprint density at radius 3 is 1.98 bits per heavy atom. The monoisotopic (exact) mass is 687 g/mol. The normalized spacial score (nSPS) is 22.9. The van der Waals surface area contributed by atoms with Crippen molar-refractivity contribution in [3.8, 4) is 5.75 Å². The fraction of sp³-hybridized carbons (Fsp3) is 0.463. The summed E-state index contributed by atoms with van der Waals surface area (Å²) >= 11 is 0. The largest absolute Gasteiger partial charge is 0.501 e. The van der Waals surface area contributed by atoms with Gasteiger partial charge in [0.2, 0.25) is 0 Å². The third kappa shape index (κ3) is 7.30. The van der Waals surface area contributed by atoms with Crippen LogP contribution in [-0.2, 0) is 10.2 Å². The van der Waals surface area contributed by atoms with Crippen LogP contribution in [0.5, 0.6) is 5.75 Å². The van der Waals surface area contributed by atoms with E-state index in [1.54, 1.807) is 14.2 Å². The highest BCUT2D eigenvalue weighted by Crippen LogP contribution is 2.70. The van der Waals surface area contributed by atoms with E-state index in [2.05, 4.69) is 115 Å². The third-order valence-electron chi connectivity index (χ3n) is 9.69. The van der Waals surface area contributed by atoms with Crippen molar-refractivity contribution in [3.63, 3.8) is 0 Å². The van der Waals surface area contributed by atoms with Crippen LogP contribution in [0, 0.1) is 5.41 Å². The van der Waals surface area contributed by atoms with E-state index in [0.29, 0.717) is 23.5 Å². The van der Waals surface area contributed by atoms with Gasteiger partial charge >= 0.3 is 8.24 Å². The minimum absolute atomic E-state index is 0.127. The van der Waals surface area contributed by atoms with Crippen LogP contribution in [0.2, 0.25) is 0 Å². The second-order valence-corrected chi connectivity index (χ2v) is 18.9. The van der Waals surface area contributed by atoms with Crippen molar-refractivity contribution in [3.05, 3.63) is 107 Å². The summed E-state index contributed by atoms with van der Waals surface area (Å²) in [7, 11) is 0.998. The Bertz CT molecular complexity index is 1790. The minimum Gasteiger partial charge on any atom is -0.501 e. The van der Waals surface area contributed by atoms with Crippen LogP contribution in [0.1, 0.15) is 114 Å². The van der Waals surface area contributed by atoms with Crippen LogP contribution in [0.3, 0.4) is 0 Å². The van der Waals surface area contributed by atoms with Gasteiger partial charge in [0.25, 0.3) is 0 Å². The molecule has 1 fully saturated rings. The Hall–Kier alpha value is -2.97. The van der Waals surface area contributed by atoms with Crippen LogP contribution in [0.15, 0.2) is 86.9 Å². The number of rotatable bonds is 8. The molecule has 6 rings (SSSR count). The Labute approximate surface area is 290 Å². The van der Waals surface area contributed by atoms with E-state index in [9.17, 15) is 1.37 Å². The topological polar surface area (TPSA) is 54.0 Å². The molecule has 2 heterocycles. The van der Waals surface area contributed by atoms with Crippen molar-refractivity contribution in [1.82, 2.24) is 0 Å². The van der Waals surface area contributed by atoms with Gasteiger partial charge in [0.05, 0.1) is 26.1 Å². The summed E-state index contributed by atoms with van der Waals surface area (Å²) in [6.07, 6.45) is 5.54. The van der Waals surface area contributed by atoms with E-state index in [1.165, 1.54) is 24.0 Å². The van der Waals surface area contributed by atoms with Crippen molar-refractivity contribution in [2.75, 3.05) is 20.4 Å². The second-order valence-electron chi connectivity index (χ2n) is 15.2. The lowest BCUT2D eigenvalue weighted by Crippen LogP contribution is -2.22. The lowest BCUT2D eigenvalue weighted by atomic mass is 9.73. The summed E-state index contributed by atoms with van der Waals surface area (Å²) in [6.45, 7) is 15.0. The summed E-state index contributed by atoms with van der Waals surface area (Å²) in [5.74, 6) is 0.910. The number of benzene rings is 3. The zero-order valence-electron chi connectivity index (χ0n) is 31.0. The van der Waals surface area contributed by atoms with Gasteiger partial charge in [-0.2, -0.15) is 0 Å². The van der Waals surface area contributed by atoms with Crippen LogP contribution in [-0.4, -0.2) is 26.5 Å². The predicted octanol–water partition coefficient (Wildman–Crippen LogP) is 12.5. The average Bonchev–Trinajstić information content (AvgIpc) is 3.41. The zero-order valence-corrected chi connectivity index (χ0v) is 31.8. The highest BCUT2D eigenvalue weighted by Gasteiger charge is 2.39. The summed E-state index contributed by atoms with van der Waals surface area (Å²) < 4.78 is 42.4. The van der Waals surface area contributed by atoms with Crippen molar-refractivity contribution >= 4 is 33.2 Å². The molecule has 7 heteroatoms. The highest BCUT2D eigenvalue weighted by atomic mass is 31.1. The van der Waals surface area contributed by atoms with E-state index in [-0.39, 0.29) is 11.5 Å². The van der Waals surface area contributed by atoms with Gasteiger partial charge in [-0.25, -0.2) is 0 Å². The van der Waals surface area contributed by atoms with Gasteiger partial charge in [0.1, 0.15) is 17.1 Å². The van der Waals surface area contributed by atoms with Crippen molar-refractivity contribution < 1.29 is 23.8 Å². The molecule has 1 aromatic heterocycles. The minimum atomic E-state index is -1.91. The number of fused-ring (bicyclic) bond motifs is 3. The molecule has 5 nitrogen and oxygen atoms in total. The molecule has 0 saturated carbocycles. The van der Waals surface area contributed by atoms with E-state index in [0.717, 1.165) is 39.8 Å². The first-order valence-corrected chi connectivity index (χ1v) is 19.9. The zero-order chi connectivity index (χ0) is 35.1. The maximum absolute atomic E-state index is 10.0. The molecule has 0 N–H and O–H groups in total. The maximum Gasteiger partial charge on any atom is 0.387 e.